The summed E-state index contributed by atoms with van der Waals surface area (Å²) in [5.74, 6) is 0. The first-order valence-corrected chi connectivity index (χ1v) is 8.51. The van der Waals surface area contributed by atoms with Crippen LogP contribution in [-0.4, -0.2) is 6.04 Å². The van der Waals surface area contributed by atoms with E-state index in [2.05, 4.69) is 51.2 Å². The number of aryl methyl sites for hydroxylation is 2. The number of hydrogen-bond acceptors (Lipinski definition) is 1. The lowest BCUT2D eigenvalue weighted by molar-refractivity contribution is 0.526. The van der Waals surface area contributed by atoms with Crippen molar-refractivity contribution >= 4 is 5.69 Å². The fraction of sp³-hybridized carbons (Fsp3) is 0.684. The van der Waals surface area contributed by atoms with Gasteiger partial charge >= 0.3 is 0 Å². The third-order valence-corrected chi connectivity index (χ3v) is 4.19. The minimum atomic E-state index is 0.648. The van der Waals surface area contributed by atoms with Gasteiger partial charge in [0.05, 0.1) is 0 Å². The summed E-state index contributed by atoms with van der Waals surface area (Å²) in [4.78, 5) is 0. The molecule has 0 aromatic heterocycles. The van der Waals surface area contributed by atoms with Crippen LogP contribution in [0.15, 0.2) is 18.2 Å². The van der Waals surface area contributed by atoms with Gasteiger partial charge in [-0.2, -0.15) is 0 Å². The number of nitrogens with one attached hydrogen (secondary N) is 1. The average Bonchev–Trinajstić information content (AvgIpc) is 2.43. The van der Waals surface area contributed by atoms with E-state index >= 15 is 0 Å². The van der Waals surface area contributed by atoms with Crippen molar-refractivity contribution < 1.29 is 0 Å². The molecule has 0 aliphatic carbocycles. The lowest BCUT2D eigenvalue weighted by Crippen LogP contribution is -2.19. The van der Waals surface area contributed by atoms with E-state index in [1.807, 2.05) is 0 Å². The lowest BCUT2D eigenvalue weighted by atomic mass is 10.0. The zero-order valence-electron chi connectivity index (χ0n) is 14.0. The van der Waals surface area contributed by atoms with Gasteiger partial charge in [-0.3, -0.25) is 0 Å². The normalized spacial score (nSPS) is 11.1. The molecule has 1 aromatic carbocycles. The van der Waals surface area contributed by atoms with E-state index < -0.39 is 0 Å². The van der Waals surface area contributed by atoms with Crippen molar-refractivity contribution in [2.45, 2.75) is 85.1 Å². The molecule has 0 saturated heterocycles. The molecule has 0 spiro atoms. The van der Waals surface area contributed by atoms with Gasteiger partial charge in [-0.1, -0.05) is 58.4 Å². The molecule has 0 aliphatic heterocycles. The first-order valence-electron chi connectivity index (χ1n) is 8.51. The fourth-order valence-electron chi connectivity index (χ4n) is 2.64. The molecule has 1 aromatic rings. The van der Waals surface area contributed by atoms with Crippen molar-refractivity contribution in [1.29, 1.82) is 0 Å². The summed E-state index contributed by atoms with van der Waals surface area (Å²) < 4.78 is 0. The van der Waals surface area contributed by atoms with Crippen LogP contribution in [0.3, 0.4) is 0 Å². The second-order valence-electron chi connectivity index (χ2n) is 6.13. The summed E-state index contributed by atoms with van der Waals surface area (Å²) in [6, 6.07) is 7.40. The topological polar surface area (TPSA) is 12.0 Å². The van der Waals surface area contributed by atoms with Gasteiger partial charge < -0.3 is 5.32 Å². The van der Waals surface area contributed by atoms with Gasteiger partial charge in [0.1, 0.15) is 0 Å². The Bertz CT molecular complexity index is 360. The Kier molecular flexibility index (Phi) is 8.41. The summed E-state index contributed by atoms with van der Waals surface area (Å²) >= 11 is 0. The molecule has 1 heteroatoms. The zero-order chi connectivity index (χ0) is 14.8. The number of benzene rings is 1. The second-order valence-corrected chi connectivity index (χ2v) is 6.13. The maximum atomic E-state index is 3.76. The van der Waals surface area contributed by atoms with E-state index in [0.717, 1.165) is 0 Å². The number of rotatable bonds is 10. The molecular weight excluding hydrogens is 242 g/mol. The Morgan fingerprint density at radius 1 is 0.850 bits per heavy atom. The minimum Gasteiger partial charge on any atom is -0.382 e. The lowest BCUT2D eigenvalue weighted by Gasteiger charge is -2.20. The third-order valence-electron chi connectivity index (χ3n) is 4.19. The largest absolute Gasteiger partial charge is 0.382 e. The van der Waals surface area contributed by atoms with Crippen LogP contribution in [0.1, 0.15) is 76.3 Å². The Morgan fingerprint density at radius 3 is 1.95 bits per heavy atom. The summed E-state index contributed by atoms with van der Waals surface area (Å²) in [6.45, 7) is 8.94. The maximum absolute atomic E-state index is 3.76. The van der Waals surface area contributed by atoms with Crippen LogP contribution in [0.25, 0.3) is 0 Å². The van der Waals surface area contributed by atoms with Crippen molar-refractivity contribution in [3.63, 3.8) is 0 Å². The molecule has 0 fully saturated rings. The van der Waals surface area contributed by atoms with E-state index in [0.29, 0.717) is 6.04 Å². The highest BCUT2D eigenvalue weighted by molar-refractivity contribution is 5.48. The predicted molar refractivity (Wildman–Crippen MR) is 91.6 cm³/mol. The molecule has 0 amide bonds. The molecule has 0 radical (unpaired) electrons. The summed E-state index contributed by atoms with van der Waals surface area (Å²) in [5, 5.41) is 3.76. The third kappa shape index (κ3) is 6.45. The van der Waals surface area contributed by atoms with Gasteiger partial charge in [0.15, 0.2) is 0 Å². The fourth-order valence-corrected chi connectivity index (χ4v) is 2.64. The van der Waals surface area contributed by atoms with Crippen molar-refractivity contribution in [3.8, 4) is 0 Å². The molecule has 1 N–H and O–H groups in total. The van der Waals surface area contributed by atoms with Crippen LogP contribution >= 0.6 is 0 Å². The molecule has 1 nitrogen and oxygen atoms in total. The van der Waals surface area contributed by atoms with Crippen molar-refractivity contribution in [2.75, 3.05) is 5.32 Å². The van der Waals surface area contributed by atoms with Crippen LogP contribution in [0.2, 0.25) is 0 Å². The maximum Gasteiger partial charge on any atom is 0.0345 e. The van der Waals surface area contributed by atoms with Gasteiger partial charge in [0.2, 0.25) is 0 Å². The monoisotopic (exact) mass is 275 g/mol. The molecule has 0 atom stereocenters. The van der Waals surface area contributed by atoms with Crippen LogP contribution in [0, 0.1) is 13.8 Å². The molecular formula is C19H33N. The molecule has 1 rings (SSSR count). The molecule has 0 saturated carbocycles. The SMILES string of the molecule is CCCCCC(CCCCC)Nc1ccc(C)c(C)c1. The van der Waals surface area contributed by atoms with Crippen molar-refractivity contribution in [2.24, 2.45) is 0 Å². The van der Waals surface area contributed by atoms with E-state index in [1.165, 1.54) is 68.2 Å². The Labute approximate surface area is 126 Å². The van der Waals surface area contributed by atoms with Gasteiger partial charge in [-0.15, -0.1) is 0 Å². The first-order chi connectivity index (χ1) is 9.67. The molecule has 0 unspecified atom stereocenters. The zero-order valence-corrected chi connectivity index (χ0v) is 14.0. The Morgan fingerprint density at radius 2 is 1.45 bits per heavy atom. The second kappa shape index (κ2) is 9.85. The number of hydrogen-bond donors (Lipinski definition) is 1. The molecule has 0 heterocycles. The molecule has 20 heavy (non-hydrogen) atoms. The van der Waals surface area contributed by atoms with E-state index in [-0.39, 0.29) is 0 Å². The van der Waals surface area contributed by atoms with Crippen LogP contribution < -0.4 is 5.32 Å². The van der Waals surface area contributed by atoms with Crippen LogP contribution in [-0.2, 0) is 0 Å². The molecule has 0 aliphatic rings. The minimum absolute atomic E-state index is 0.648. The quantitative estimate of drug-likeness (QED) is 0.498. The first kappa shape index (κ1) is 17.1. The predicted octanol–water partition coefficient (Wildman–Crippen LogP) is 6.24. The van der Waals surface area contributed by atoms with Crippen LogP contribution in [0.5, 0.6) is 0 Å². The van der Waals surface area contributed by atoms with E-state index in [1.54, 1.807) is 0 Å². The van der Waals surface area contributed by atoms with Crippen molar-refractivity contribution in [1.82, 2.24) is 0 Å². The highest BCUT2D eigenvalue weighted by Crippen LogP contribution is 2.19. The Balaban J connectivity index is 2.54. The van der Waals surface area contributed by atoms with Gasteiger partial charge in [0.25, 0.3) is 0 Å². The molecule has 0 bridgehead atoms. The average molecular weight is 275 g/mol. The highest BCUT2D eigenvalue weighted by Gasteiger charge is 2.08. The summed E-state index contributed by atoms with van der Waals surface area (Å²) in [6.07, 6.45) is 10.7. The summed E-state index contributed by atoms with van der Waals surface area (Å²) in [5.41, 5.74) is 4.06. The van der Waals surface area contributed by atoms with E-state index in [4.69, 9.17) is 0 Å². The standard InChI is InChI=1S/C19H33N/c1-5-7-9-11-18(12-10-8-6-2)20-19-14-13-16(3)17(4)15-19/h13-15,18,20H,5-12H2,1-4H3. The van der Waals surface area contributed by atoms with E-state index in [9.17, 15) is 0 Å². The highest BCUT2D eigenvalue weighted by atomic mass is 14.9. The summed E-state index contributed by atoms with van der Waals surface area (Å²) in [7, 11) is 0. The Hall–Kier alpha value is -0.980. The number of anilines is 1. The van der Waals surface area contributed by atoms with Crippen LogP contribution in [0.4, 0.5) is 5.69 Å². The van der Waals surface area contributed by atoms with Gasteiger partial charge in [-0.25, -0.2) is 0 Å². The van der Waals surface area contributed by atoms with Gasteiger partial charge in [-0.05, 0) is 49.9 Å². The smallest absolute Gasteiger partial charge is 0.0345 e. The molecule has 114 valence electrons. The van der Waals surface area contributed by atoms with Gasteiger partial charge in [0, 0.05) is 11.7 Å². The van der Waals surface area contributed by atoms with Crippen molar-refractivity contribution in [3.05, 3.63) is 29.3 Å². The number of unbranched alkanes of at least 4 members (excludes halogenated alkanes) is 4.